The van der Waals surface area contributed by atoms with Gasteiger partial charge in [-0.3, -0.25) is 0 Å². The van der Waals surface area contributed by atoms with E-state index in [1.807, 2.05) is 24.3 Å². The van der Waals surface area contributed by atoms with Crippen LogP contribution in [0.3, 0.4) is 0 Å². The lowest BCUT2D eigenvalue weighted by atomic mass is 10.2. The quantitative estimate of drug-likeness (QED) is 0.242. The molecular formula is C16H14N4O3S. The van der Waals surface area contributed by atoms with E-state index in [-0.39, 0.29) is 22.9 Å². The van der Waals surface area contributed by atoms with Crippen LogP contribution in [0.4, 0.5) is 0 Å². The SMILES string of the molecule is COC(=O)/C(=C(/O)CSc1ncccn1)c1nc2ccccc2[nH]1. The summed E-state index contributed by atoms with van der Waals surface area (Å²) in [5, 5.41) is 10.9. The molecule has 0 atom stereocenters. The van der Waals surface area contributed by atoms with Crippen molar-refractivity contribution in [1.29, 1.82) is 0 Å². The van der Waals surface area contributed by atoms with Crippen LogP contribution in [0.25, 0.3) is 16.6 Å². The fourth-order valence-corrected chi connectivity index (χ4v) is 2.77. The normalized spacial score (nSPS) is 12.0. The Morgan fingerprint density at radius 2 is 2.00 bits per heavy atom. The van der Waals surface area contributed by atoms with Crippen LogP contribution in [0, 0.1) is 0 Å². The van der Waals surface area contributed by atoms with Crippen molar-refractivity contribution in [3.63, 3.8) is 0 Å². The number of esters is 1. The molecule has 1 aromatic carbocycles. The molecule has 0 spiro atoms. The number of imidazole rings is 1. The standard InChI is InChI=1S/C16H14N4O3S/c1-23-15(22)13(12(21)9-24-16-17-7-4-8-18-16)14-19-10-5-2-3-6-11(10)20-14/h2-8,21H,9H2,1H3,(H,19,20)/b13-12+. The van der Waals surface area contributed by atoms with Crippen molar-refractivity contribution in [2.24, 2.45) is 0 Å². The van der Waals surface area contributed by atoms with Gasteiger partial charge in [0.1, 0.15) is 17.2 Å². The largest absolute Gasteiger partial charge is 0.510 e. The summed E-state index contributed by atoms with van der Waals surface area (Å²) in [5.74, 6) is -0.444. The number of benzene rings is 1. The Morgan fingerprint density at radius 3 is 2.71 bits per heavy atom. The number of aliphatic hydroxyl groups is 1. The van der Waals surface area contributed by atoms with E-state index < -0.39 is 5.97 Å². The second-order valence-corrected chi connectivity index (χ2v) is 5.68. The number of nitrogens with one attached hydrogen (secondary N) is 1. The van der Waals surface area contributed by atoms with Gasteiger partial charge in [-0.25, -0.2) is 19.7 Å². The molecule has 0 aliphatic rings. The van der Waals surface area contributed by atoms with E-state index in [1.54, 1.807) is 18.5 Å². The van der Waals surface area contributed by atoms with Crippen LogP contribution in [0.1, 0.15) is 5.82 Å². The molecule has 0 aliphatic carbocycles. The molecule has 0 amide bonds. The van der Waals surface area contributed by atoms with Crippen molar-refractivity contribution >= 4 is 34.3 Å². The molecule has 2 heterocycles. The molecular weight excluding hydrogens is 328 g/mol. The van der Waals surface area contributed by atoms with E-state index in [0.717, 1.165) is 5.52 Å². The van der Waals surface area contributed by atoms with E-state index in [1.165, 1.54) is 18.9 Å². The highest BCUT2D eigenvalue weighted by molar-refractivity contribution is 7.99. The van der Waals surface area contributed by atoms with Gasteiger partial charge >= 0.3 is 5.97 Å². The molecule has 0 fully saturated rings. The second kappa shape index (κ2) is 7.14. The number of fused-ring (bicyclic) bond motifs is 1. The summed E-state index contributed by atoms with van der Waals surface area (Å²) in [6.45, 7) is 0. The minimum absolute atomic E-state index is 0.00266. The number of nitrogens with zero attached hydrogens (tertiary/aromatic N) is 3. The maximum atomic E-state index is 12.1. The Hall–Kier alpha value is -2.87. The number of aliphatic hydroxyl groups excluding tert-OH is 1. The molecule has 122 valence electrons. The van der Waals surface area contributed by atoms with Crippen LogP contribution in [-0.4, -0.2) is 43.9 Å². The first-order valence-corrected chi connectivity index (χ1v) is 8.03. The number of hydrogen-bond donors (Lipinski definition) is 2. The van der Waals surface area contributed by atoms with Gasteiger partial charge in [-0.2, -0.15) is 0 Å². The summed E-state index contributed by atoms with van der Waals surface area (Å²) in [6.07, 6.45) is 3.22. The number of H-pyrrole nitrogens is 1. The topological polar surface area (TPSA) is 101 Å². The molecule has 2 N–H and O–H groups in total. The van der Waals surface area contributed by atoms with E-state index >= 15 is 0 Å². The minimum Gasteiger partial charge on any atom is -0.510 e. The summed E-state index contributed by atoms with van der Waals surface area (Å²) in [6, 6.07) is 9.05. The molecule has 3 rings (SSSR count). The number of para-hydroxylation sites is 2. The van der Waals surface area contributed by atoms with Gasteiger partial charge in [0.2, 0.25) is 0 Å². The fourth-order valence-electron chi connectivity index (χ4n) is 2.09. The maximum absolute atomic E-state index is 12.1. The zero-order valence-corrected chi connectivity index (χ0v) is 13.6. The molecule has 24 heavy (non-hydrogen) atoms. The van der Waals surface area contributed by atoms with Crippen molar-refractivity contribution in [1.82, 2.24) is 19.9 Å². The van der Waals surface area contributed by atoms with Crippen molar-refractivity contribution < 1.29 is 14.6 Å². The predicted octanol–water partition coefficient (Wildman–Crippen LogP) is 2.59. The number of ether oxygens (including phenoxy) is 1. The molecule has 3 aromatic rings. The Balaban J connectivity index is 1.94. The first kappa shape index (κ1) is 16.0. The molecule has 0 radical (unpaired) electrons. The van der Waals surface area contributed by atoms with Crippen molar-refractivity contribution in [3.8, 4) is 0 Å². The fraction of sp³-hybridized carbons (Fsp3) is 0.125. The average Bonchev–Trinajstić information content (AvgIpc) is 3.04. The number of aromatic nitrogens is 4. The predicted molar refractivity (Wildman–Crippen MR) is 90.4 cm³/mol. The Bertz CT molecular complexity index is 859. The number of carbonyl (C=O) groups is 1. The Kier molecular flexibility index (Phi) is 4.76. The van der Waals surface area contributed by atoms with Crippen LogP contribution in [-0.2, 0) is 9.53 Å². The highest BCUT2D eigenvalue weighted by atomic mass is 32.2. The number of aromatic amines is 1. The Labute approximate surface area is 141 Å². The highest BCUT2D eigenvalue weighted by Crippen LogP contribution is 2.24. The van der Waals surface area contributed by atoms with Crippen LogP contribution < -0.4 is 0 Å². The summed E-state index contributed by atoms with van der Waals surface area (Å²) in [7, 11) is 1.26. The lowest BCUT2D eigenvalue weighted by molar-refractivity contribution is -0.133. The molecule has 2 aromatic heterocycles. The smallest absolute Gasteiger partial charge is 0.345 e. The molecule has 0 saturated carbocycles. The van der Waals surface area contributed by atoms with Crippen LogP contribution >= 0.6 is 11.8 Å². The first-order chi connectivity index (χ1) is 11.7. The first-order valence-electron chi connectivity index (χ1n) is 7.04. The maximum Gasteiger partial charge on any atom is 0.345 e. The van der Waals surface area contributed by atoms with Gasteiger partial charge in [-0.1, -0.05) is 23.9 Å². The van der Waals surface area contributed by atoms with E-state index in [9.17, 15) is 9.90 Å². The van der Waals surface area contributed by atoms with Gasteiger partial charge in [-0.05, 0) is 18.2 Å². The van der Waals surface area contributed by atoms with Gasteiger partial charge in [0.15, 0.2) is 5.16 Å². The van der Waals surface area contributed by atoms with E-state index in [0.29, 0.717) is 10.7 Å². The van der Waals surface area contributed by atoms with Gasteiger partial charge in [0.05, 0.1) is 23.9 Å². The lowest BCUT2D eigenvalue weighted by Gasteiger charge is -2.06. The van der Waals surface area contributed by atoms with Crippen molar-refractivity contribution in [2.75, 3.05) is 12.9 Å². The zero-order chi connectivity index (χ0) is 16.9. The number of hydrogen-bond acceptors (Lipinski definition) is 7. The minimum atomic E-state index is -0.666. The van der Waals surface area contributed by atoms with Crippen LogP contribution in [0.15, 0.2) is 53.6 Å². The molecule has 0 bridgehead atoms. The lowest BCUT2D eigenvalue weighted by Crippen LogP contribution is -2.10. The molecule has 0 aliphatic heterocycles. The second-order valence-electron chi connectivity index (χ2n) is 4.74. The van der Waals surface area contributed by atoms with Crippen LogP contribution in [0.5, 0.6) is 0 Å². The van der Waals surface area contributed by atoms with Crippen molar-refractivity contribution in [2.45, 2.75) is 5.16 Å². The summed E-state index contributed by atoms with van der Waals surface area (Å²) >= 11 is 1.21. The van der Waals surface area contributed by atoms with E-state index in [2.05, 4.69) is 19.9 Å². The highest BCUT2D eigenvalue weighted by Gasteiger charge is 2.22. The number of carbonyl (C=O) groups excluding carboxylic acids is 1. The molecule has 0 unspecified atom stereocenters. The third-order valence-electron chi connectivity index (χ3n) is 3.18. The van der Waals surface area contributed by atoms with Gasteiger partial charge in [-0.15, -0.1) is 0 Å². The number of thioether (sulfide) groups is 1. The average molecular weight is 342 g/mol. The zero-order valence-electron chi connectivity index (χ0n) is 12.8. The van der Waals surface area contributed by atoms with Crippen molar-refractivity contribution in [3.05, 3.63) is 54.3 Å². The summed E-state index contributed by atoms with van der Waals surface area (Å²) in [4.78, 5) is 27.6. The third kappa shape index (κ3) is 3.38. The Morgan fingerprint density at radius 1 is 1.25 bits per heavy atom. The molecule has 0 saturated heterocycles. The monoisotopic (exact) mass is 342 g/mol. The van der Waals surface area contributed by atoms with Crippen LogP contribution in [0.2, 0.25) is 0 Å². The van der Waals surface area contributed by atoms with E-state index in [4.69, 9.17) is 4.74 Å². The summed E-state index contributed by atoms with van der Waals surface area (Å²) < 4.78 is 4.78. The summed E-state index contributed by atoms with van der Waals surface area (Å²) in [5.41, 5.74) is 1.46. The van der Waals surface area contributed by atoms with Gasteiger partial charge in [0, 0.05) is 12.4 Å². The molecule has 8 heteroatoms. The number of methoxy groups -OCH3 is 1. The van der Waals surface area contributed by atoms with Gasteiger partial charge < -0.3 is 14.8 Å². The third-order valence-corrected chi connectivity index (χ3v) is 4.07. The number of rotatable bonds is 5. The molecule has 7 nitrogen and oxygen atoms in total. The van der Waals surface area contributed by atoms with Gasteiger partial charge in [0.25, 0.3) is 0 Å².